The molecule has 0 aliphatic rings. The maximum Gasteiger partial charge on any atom is 0.246 e. The molecule has 2 aromatic carbocycles. The molecule has 2 heterocycles. The van der Waals surface area contributed by atoms with Crippen LogP contribution in [0.3, 0.4) is 0 Å². The molecule has 0 radical (unpaired) electrons. The second-order valence-corrected chi connectivity index (χ2v) is 8.33. The van der Waals surface area contributed by atoms with E-state index in [1.54, 1.807) is 29.3 Å². The van der Waals surface area contributed by atoms with Crippen LogP contribution in [0.15, 0.2) is 84.5 Å². The van der Waals surface area contributed by atoms with Crippen molar-refractivity contribution in [2.24, 2.45) is 0 Å². The molecule has 4 rings (SSSR count). The summed E-state index contributed by atoms with van der Waals surface area (Å²) in [7, 11) is 0. The Morgan fingerprint density at radius 3 is 2.70 bits per heavy atom. The van der Waals surface area contributed by atoms with Crippen LogP contribution in [-0.4, -0.2) is 36.9 Å². The molecule has 0 aliphatic carbocycles. The van der Waals surface area contributed by atoms with Crippen molar-refractivity contribution in [1.82, 2.24) is 24.6 Å². The molecule has 0 aliphatic heterocycles. The minimum atomic E-state index is -0.166. The van der Waals surface area contributed by atoms with Crippen LogP contribution in [0.5, 0.6) is 0 Å². The average Bonchev–Trinajstić information content (AvgIpc) is 3.49. The summed E-state index contributed by atoms with van der Waals surface area (Å²) in [5, 5.41) is 10.6. The first-order valence-electron chi connectivity index (χ1n) is 10.4. The molecule has 2 N–H and O–H groups in total. The molecule has 0 fully saturated rings. The van der Waals surface area contributed by atoms with Gasteiger partial charge in [-0.25, -0.2) is 4.98 Å². The zero-order chi connectivity index (χ0) is 23.0. The Hall–Kier alpha value is -3.85. The first-order chi connectivity index (χ1) is 16.1. The number of amides is 2. The predicted molar refractivity (Wildman–Crippen MR) is 128 cm³/mol. The van der Waals surface area contributed by atoms with Crippen LogP contribution in [0.25, 0.3) is 5.69 Å². The number of nitrogens with zero attached hydrogens (tertiary/aromatic N) is 4. The Kier molecular flexibility index (Phi) is 7.21. The highest BCUT2D eigenvalue weighted by atomic mass is 32.2. The zero-order valence-corrected chi connectivity index (χ0v) is 19.0. The number of nitrogens with one attached hydrogen (secondary N) is 2. The predicted octanol–water partition coefficient (Wildman–Crippen LogP) is 3.42. The first kappa shape index (κ1) is 22.3. The van der Waals surface area contributed by atoms with E-state index >= 15 is 0 Å². The lowest BCUT2D eigenvalue weighted by atomic mass is 10.2. The minimum Gasteiger partial charge on any atom is -0.351 e. The summed E-state index contributed by atoms with van der Waals surface area (Å²) >= 11 is 1.39. The molecule has 4 aromatic rings. The highest BCUT2D eigenvalue weighted by Crippen LogP contribution is 2.22. The molecule has 0 saturated carbocycles. The van der Waals surface area contributed by atoms with E-state index in [1.165, 1.54) is 11.8 Å². The van der Waals surface area contributed by atoms with Crippen molar-refractivity contribution in [3.63, 3.8) is 0 Å². The number of rotatable bonds is 9. The van der Waals surface area contributed by atoms with Crippen molar-refractivity contribution in [2.75, 3.05) is 11.1 Å². The lowest BCUT2D eigenvalue weighted by Crippen LogP contribution is -2.25. The minimum absolute atomic E-state index is 0.0903. The van der Waals surface area contributed by atoms with Gasteiger partial charge >= 0.3 is 0 Å². The summed E-state index contributed by atoms with van der Waals surface area (Å²) in [6.07, 6.45) is 7.00. The summed E-state index contributed by atoms with van der Waals surface area (Å²) < 4.78 is 3.55. The Morgan fingerprint density at radius 1 is 1.00 bits per heavy atom. The van der Waals surface area contributed by atoms with Gasteiger partial charge in [-0.3, -0.25) is 18.8 Å². The molecule has 2 amide bonds. The third kappa shape index (κ3) is 6.11. The zero-order valence-electron chi connectivity index (χ0n) is 18.1. The molecular weight excluding hydrogens is 436 g/mol. The standard InChI is InChI=1S/C24H24N6O2S/c1-18-6-2-3-9-21(18)30-13-11-25-24(30)33-17-23(32)26-15-19-7-4-8-20(14-19)28-22(31)16-29-12-5-10-27-29/h2-14H,15-17H2,1H3,(H,26,32)(H,28,31). The van der Waals surface area contributed by atoms with Crippen molar-refractivity contribution < 1.29 is 9.59 Å². The molecular formula is C24H24N6O2S. The molecule has 0 atom stereocenters. The van der Waals surface area contributed by atoms with Crippen molar-refractivity contribution in [2.45, 2.75) is 25.2 Å². The largest absolute Gasteiger partial charge is 0.351 e. The Morgan fingerprint density at radius 2 is 1.88 bits per heavy atom. The van der Waals surface area contributed by atoms with Crippen molar-refractivity contribution >= 4 is 29.3 Å². The van der Waals surface area contributed by atoms with Gasteiger partial charge in [0.1, 0.15) is 6.54 Å². The molecule has 168 valence electrons. The van der Waals surface area contributed by atoms with E-state index in [0.717, 1.165) is 22.0 Å². The molecule has 0 unspecified atom stereocenters. The summed E-state index contributed by atoms with van der Waals surface area (Å²) in [5.74, 6) is -0.00341. The lowest BCUT2D eigenvalue weighted by molar-refractivity contribution is -0.119. The van der Waals surface area contributed by atoms with Gasteiger partial charge in [0.05, 0.1) is 11.4 Å². The van der Waals surface area contributed by atoms with Gasteiger partial charge in [0.2, 0.25) is 11.8 Å². The number of para-hydroxylation sites is 1. The Labute approximate surface area is 196 Å². The number of anilines is 1. The van der Waals surface area contributed by atoms with Crippen molar-refractivity contribution in [3.05, 3.63) is 90.5 Å². The first-order valence-corrected chi connectivity index (χ1v) is 11.4. The van der Waals surface area contributed by atoms with Gasteiger partial charge in [0, 0.05) is 37.0 Å². The molecule has 0 bridgehead atoms. The highest BCUT2D eigenvalue weighted by molar-refractivity contribution is 7.99. The summed E-state index contributed by atoms with van der Waals surface area (Å²) in [4.78, 5) is 29.0. The van der Waals surface area contributed by atoms with Crippen molar-refractivity contribution in [3.8, 4) is 5.69 Å². The smallest absolute Gasteiger partial charge is 0.246 e. The molecule has 9 heteroatoms. The van der Waals surface area contributed by atoms with Crippen LogP contribution >= 0.6 is 11.8 Å². The topological polar surface area (TPSA) is 93.8 Å². The van der Waals surface area contributed by atoms with Gasteiger partial charge < -0.3 is 10.6 Å². The molecule has 8 nitrogen and oxygen atoms in total. The van der Waals surface area contributed by atoms with E-state index in [1.807, 2.05) is 66.2 Å². The van der Waals surface area contributed by atoms with E-state index in [0.29, 0.717) is 12.2 Å². The van der Waals surface area contributed by atoms with Gasteiger partial charge in [0.15, 0.2) is 5.16 Å². The fourth-order valence-electron chi connectivity index (χ4n) is 3.30. The van der Waals surface area contributed by atoms with Crippen LogP contribution in [0, 0.1) is 6.92 Å². The molecule has 0 saturated heterocycles. The number of aromatic nitrogens is 4. The quantitative estimate of drug-likeness (QED) is 0.373. The van der Waals surface area contributed by atoms with Crippen LogP contribution in [0.4, 0.5) is 5.69 Å². The van der Waals surface area contributed by atoms with E-state index in [4.69, 9.17) is 0 Å². The monoisotopic (exact) mass is 460 g/mol. The van der Waals surface area contributed by atoms with Crippen molar-refractivity contribution in [1.29, 1.82) is 0 Å². The van der Waals surface area contributed by atoms with Crippen LogP contribution in [0.1, 0.15) is 11.1 Å². The third-order valence-corrected chi connectivity index (χ3v) is 5.85. The normalized spacial score (nSPS) is 10.7. The number of aryl methyl sites for hydroxylation is 1. The SMILES string of the molecule is Cc1ccccc1-n1ccnc1SCC(=O)NCc1cccc(NC(=O)Cn2cccn2)c1. The maximum atomic E-state index is 12.4. The van der Waals surface area contributed by atoms with E-state index in [-0.39, 0.29) is 24.1 Å². The number of carbonyl (C=O) groups excluding carboxylic acids is 2. The summed E-state index contributed by atoms with van der Waals surface area (Å²) in [5.41, 5.74) is 3.75. The van der Waals surface area contributed by atoms with E-state index in [9.17, 15) is 9.59 Å². The van der Waals surface area contributed by atoms with Gasteiger partial charge in [0.25, 0.3) is 0 Å². The number of hydrogen-bond acceptors (Lipinski definition) is 5. The lowest BCUT2D eigenvalue weighted by Gasteiger charge is -2.11. The van der Waals surface area contributed by atoms with Crippen LogP contribution < -0.4 is 10.6 Å². The van der Waals surface area contributed by atoms with Gasteiger partial charge in [-0.15, -0.1) is 0 Å². The highest BCUT2D eigenvalue weighted by Gasteiger charge is 2.11. The van der Waals surface area contributed by atoms with E-state index in [2.05, 4.69) is 20.7 Å². The number of hydrogen-bond donors (Lipinski definition) is 2. The van der Waals surface area contributed by atoms with Crippen LogP contribution in [-0.2, 0) is 22.7 Å². The number of carbonyl (C=O) groups is 2. The number of thioether (sulfide) groups is 1. The Bertz CT molecular complexity index is 1240. The van der Waals surface area contributed by atoms with Gasteiger partial charge in [-0.05, 0) is 42.3 Å². The molecule has 0 spiro atoms. The maximum absolute atomic E-state index is 12.4. The summed E-state index contributed by atoms with van der Waals surface area (Å²) in [6, 6.07) is 17.2. The molecule has 2 aromatic heterocycles. The van der Waals surface area contributed by atoms with Gasteiger partial charge in [-0.2, -0.15) is 5.10 Å². The fraction of sp³-hybridized carbons (Fsp3) is 0.167. The second-order valence-electron chi connectivity index (χ2n) is 7.38. The molecule has 33 heavy (non-hydrogen) atoms. The number of benzene rings is 2. The Balaban J connectivity index is 1.28. The van der Waals surface area contributed by atoms with E-state index < -0.39 is 0 Å². The van der Waals surface area contributed by atoms with Gasteiger partial charge in [-0.1, -0.05) is 42.1 Å². The second kappa shape index (κ2) is 10.6. The van der Waals surface area contributed by atoms with Crippen LogP contribution in [0.2, 0.25) is 0 Å². The average molecular weight is 461 g/mol. The summed E-state index contributed by atoms with van der Waals surface area (Å²) in [6.45, 7) is 2.56. The fourth-order valence-corrected chi connectivity index (χ4v) is 4.09. The number of imidazole rings is 1. The third-order valence-electron chi connectivity index (χ3n) is 4.88.